The Morgan fingerprint density at radius 1 is 1.31 bits per heavy atom. The Labute approximate surface area is 226 Å². The zero-order valence-corrected chi connectivity index (χ0v) is 22.5. The molecule has 202 valence electrons. The topological polar surface area (TPSA) is 97.1 Å². The number of nitrogens with one attached hydrogen (secondary N) is 1. The number of rotatable bonds is 4. The first-order chi connectivity index (χ1) is 18.6. The summed E-state index contributed by atoms with van der Waals surface area (Å²) in [5.41, 5.74) is 1.36. The number of hydrogen-bond donors (Lipinski definition) is 2. The van der Waals surface area contributed by atoms with Crippen molar-refractivity contribution in [2.75, 3.05) is 23.4 Å². The van der Waals surface area contributed by atoms with Gasteiger partial charge in [0.15, 0.2) is 11.6 Å². The van der Waals surface area contributed by atoms with Gasteiger partial charge in [-0.3, -0.25) is 9.69 Å². The highest BCUT2D eigenvalue weighted by Gasteiger charge is 2.43. The van der Waals surface area contributed by atoms with E-state index in [-0.39, 0.29) is 29.0 Å². The van der Waals surface area contributed by atoms with Gasteiger partial charge in [0.05, 0.1) is 18.0 Å². The zero-order chi connectivity index (χ0) is 27.9. The Bertz CT molecular complexity index is 1550. The van der Waals surface area contributed by atoms with Crippen molar-refractivity contribution < 1.29 is 28.2 Å². The number of hydrogen-bond acceptors (Lipinski definition) is 7. The van der Waals surface area contributed by atoms with Crippen molar-refractivity contribution in [2.24, 2.45) is 5.41 Å². The molecule has 1 atom stereocenters. The number of para-hydroxylation sites is 1. The quantitative estimate of drug-likeness (QED) is 0.314. The summed E-state index contributed by atoms with van der Waals surface area (Å²) in [5.74, 6) is 5.71. The summed E-state index contributed by atoms with van der Waals surface area (Å²) in [6, 6.07) is 8.33. The summed E-state index contributed by atoms with van der Waals surface area (Å²) < 4.78 is 33.4. The number of aromatic nitrogens is 1. The Balaban J connectivity index is 1.74. The minimum absolute atomic E-state index is 0.0597. The lowest BCUT2D eigenvalue weighted by Crippen LogP contribution is -2.39. The van der Waals surface area contributed by atoms with Gasteiger partial charge in [-0.25, -0.2) is 9.37 Å². The van der Waals surface area contributed by atoms with E-state index in [1.165, 1.54) is 17.0 Å². The number of amides is 1. The van der Waals surface area contributed by atoms with Crippen LogP contribution < -0.4 is 15.0 Å². The molecule has 0 aliphatic carbocycles. The molecule has 2 N–H and O–H groups in total. The van der Waals surface area contributed by atoms with E-state index < -0.39 is 17.8 Å². The van der Waals surface area contributed by atoms with Crippen LogP contribution >= 0.6 is 0 Å². The summed E-state index contributed by atoms with van der Waals surface area (Å²) in [5, 5.41) is 14.2. The standard InChI is InChI=1S/C30H30FN3O5/c1-6-7-13-37-19-11-12-20(21(31)14-19)27-28-22(15-30(4,5)16-38-28)33-26-23(9-8-10-24(26)35)34(27)29(36)25-17(2)39-18(3)32-25/h8-12,14,27,33,35H,13,15-16H2,1-5H3. The van der Waals surface area contributed by atoms with Crippen molar-refractivity contribution in [1.82, 2.24) is 4.98 Å². The third kappa shape index (κ3) is 4.90. The van der Waals surface area contributed by atoms with Gasteiger partial charge < -0.3 is 24.3 Å². The lowest BCUT2D eigenvalue weighted by molar-refractivity contribution is 0.0756. The molecule has 0 saturated heterocycles. The van der Waals surface area contributed by atoms with Crippen molar-refractivity contribution in [3.8, 4) is 23.3 Å². The number of allylic oxidation sites excluding steroid dienone is 1. The summed E-state index contributed by atoms with van der Waals surface area (Å²) in [6.07, 6.45) is 0.551. The minimum Gasteiger partial charge on any atom is -0.506 e. The van der Waals surface area contributed by atoms with Crippen molar-refractivity contribution >= 4 is 17.3 Å². The molecule has 39 heavy (non-hydrogen) atoms. The fourth-order valence-corrected chi connectivity index (χ4v) is 4.95. The van der Waals surface area contributed by atoms with E-state index in [0.717, 1.165) is 0 Å². The van der Waals surface area contributed by atoms with E-state index in [1.54, 1.807) is 45.0 Å². The highest BCUT2D eigenvalue weighted by molar-refractivity contribution is 6.09. The highest BCUT2D eigenvalue weighted by atomic mass is 19.1. The SMILES string of the molecule is CC#CCOc1ccc(C2C3=C(CC(C)(C)CO3)Nc3c(O)cccc3N2C(=O)c2nc(C)oc2C)c(F)c1. The van der Waals surface area contributed by atoms with Crippen LogP contribution in [0.3, 0.4) is 0 Å². The van der Waals surface area contributed by atoms with Gasteiger partial charge in [-0.15, -0.1) is 5.92 Å². The summed E-state index contributed by atoms with van der Waals surface area (Å²) >= 11 is 0. The number of benzene rings is 2. The maximum Gasteiger partial charge on any atom is 0.281 e. The number of ether oxygens (including phenoxy) is 2. The molecular weight excluding hydrogens is 501 g/mol. The Morgan fingerprint density at radius 3 is 2.79 bits per heavy atom. The van der Waals surface area contributed by atoms with Crippen molar-refractivity contribution in [1.29, 1.82) is 0 Å². The van der Waals surface area contributed by atoms with Gasteiger partial charge in [0.1, 0.15) is 47.2 Å². The first-order valence-corrected chi connectivity index (χ1v) is 12.6. The maximum absolute atomic E-state index is 15.9. The first kappa shape index (κ1) is 26.2. The fourth-order valence-electron chi connectivity index (χ4n) is 4.95. The van der Waals surface area contributed by atoms with Gasteiger partial charge in [0, 0.05) is 24.0 Å². The molecule has 0 bridgehead atoms. The molecule has 0 spiro atoms. The van der Waals surface area contributed by atoms with Crippen LogP contribution in [0.15, 0.2) is 52.3 Å². The smallest absolute Gasteiger partial charge is 0.281 e. The highest BCUT2D eigenvalue weighted by Crippen LogP contribution is 2.50. The number of aromatic hydroxyl groups is 1. The van der Waals surface area contributed by atoms with Crippen LogP contribution in [0.25, 0.3) is 0 Å². The van der Waals surface area contributed by atoms with Gasteiger partial charge in [0.2, 0.25) is 0 Å². The predicted molar refractivity (Wildman–Crippen MR) is 144 cm³/mol. The van der Waals surface area contributed by atoms with E-state index in [0.29, 0.717) is 53.3 Å². The molecule has 1 unspecified atom stereocenters. The number of phenols is 1. The number of anilines is 2. The number of carbonyl (C=O) groups is 1. The summed E-state index contributed by atoms with van der Waals surface area (Å²) in [4.78, 5) is 20.0. The Hall–Kier alpha value is -4.45. The van der Waals surface area contributed by atoms with Gasteiger partial charge in [-0.05, 0) is 44.5 Å². The third-order valence-corrected chi connectivity index (χ3v) is 6.71. The van der Waals surface area contributed by atoms with Crippen molar-refractivity contribution in [3.05, 3.63) is 76.6 Å². The van der Waals surface area contributed by atoms with E-state index in [1.807, 2.05) is 0 Å². The first-order valence-electron chi connectivity index (χ1n) is 12.6. The van der Waals surface area contributed by atoms with Crippen LogP contribution in [0.1, 0.15) is 60.9 Å². The molecule has 1 aromatic heterocycles. The van der Waals surface area contributed by atoms with Gasteiger partial charge in [-0.1, -0.05) is 25.8 Å². The van der Waals surface area contributed by atoms with Gasteiger partial charge >= 0.3 is 0 Å². The monoisotopic (exact) mass is 531 g/mol. The molecule has 2 aliphatic rings. The predicted octanol–water partition coefficient (Wildman–Crippen LogP) is 6.01. The number of phenolic OH excluding ortho intramolecular Hbond substituents is 1. The average molecular weight is 532 g/mol. The van der Waals surface area contributed by atoms with E-state index in [2.05, 4.69) is 36.0 Å². The normalized spacial score (nSPS) is 17.6. The Morgan fingerprint density at radius 2 is 2.10 bits per heavy atom. The molecule has 0 saturated carbocycles. The molecule has 0 fully saturated rings. The van der Waals surface area contributed by atoms with Gasteiger partial charge in [-0.2, -0.15) is 0 Å². The summed E-state index contributed by atoms with van der Waals surface area (Å²) in [7, 11) is 0. The second-order valence-corrected chi connectivity index (χ2v) is 10.4. The number of fused-ring (bicyclic) bond motifs is 1. The zero-order valence-electron chi connectivity index (χ0n) is 22.5. The van der Waals surface area contributed by atoms with Crippen molar-refractivity contribution in [2.45, 2.75) is 47.1 Å². The molecule has 0 radical (unpaired) electrons. The average Bonchev–Trinajstić information content (AvgIpc) is 3.14. The van der Waals surface area contributed by atoms with Gasteiger partial charge in [0.25, 0.3) is 5.91 Å². The van der Waals surface area contributed by atoms with E-state index in [9.17, 15) is 9.90 Å². The Kier molecular flexibility index (Phi) is 6.73. The molecular formula is C30H30FN3O5. The molecule has 2 aliphatic heterocycles. The lowest BCUT2D eigenvalue weighted by atomic mass is 9.85. The van der Waals surface area contributed by atoms with Crippen LogP contribution in [0.4, 0.5) is 15.8 Å². The molecule has 1 amide bonds. The molecule has 2 aromatic carbocycles. The van der Waals surface area contributed by atoms with E-state index in [4.69, 9.17) is 13.9 Å². The maximum atomic E-state index is 15.9. The fraction of sp³-hybridized carbons (Fsp3) is 0.333. The molecule has 9 heteroatoms. The third-order valence-electron chi connectivity index (χ3n) is 6.71. The van der Waals surface area contributed by atoms with Crippen LogP contribution in [-0.4, -0.2) is 29.2 Å². The largest absolute Gasteiger partial charge is 0.506 e. The number of carbonyl (C=O) groups excluding carboxylic acids is 1. The lowest BCUT2D eigenvalue weighted by Gasteiger charge is -2.37. The molecule has 8 nitrogen and oxygen atoms in total. The van der Waals surface area contributed by atoms with Crippen LogP contribution in [-0.2, 0) is 4.74 Å². The second-order valence-electron chi connectivity index (χ2n) is 10.4. The molecule has 3 aromatic rings. The molecule has 3 heterocycles. The van der Waals surface area contributed by atoms with Crippen molar-refractivity contribution in [3.63, 3.8) is 0 Å². The second kappa shape index (κ2) is 10.0. The number of halogens is 1. The number of nitrogens with zero attached hydrogens (tertiary/aromatic N) is 2. The van der Waals surface area contributed by atoms with Crippen LogP contribution in [0.2, 0.25) is 0 Å². The van der Waals surface area contributed by atoms with Crippen LogP contribution in [0.5, 0.6) is 11.5 Å². The number of aryl methyl sites for hydroxylation is 2. The molecule has 5 rings (SSSR count). The van der Waals surface area contributed by atoms with E-state index >= 15 is 4.39 Å². The number of oxazole rings is 1. The summed E-state index contributed by atoms with van der Waals surface area (Å²) in [6.45, 7) is 9.59. The van der Waals surface area contributed by atoms with Crippen LogP contribution in [0, 0.1) is 36.9 Å². The minimum atomic E-state index is -1.01.